The first-order chi connectivity index (χ1) is 13.2. The lowest BCUT2D eigenvalue weighted by Crippen LogP contribution is -2.27. The first kappa shape index (κ1) is 16.6. The van der Waals surface area contributed by atoms with Crippen LogP contribution >= 0.6 is 0 Å². The lowest BCUT2D eigenvalue weighted by Gasteiger charge is -2.12. The number of pyridine rings is 1. The predicted octanol–water partition coefficient (Wildman–Crippen LogP) is 2.20. The Kier molecular flexibility index (Phi) is 4.40. The maximum Gasteiger partial charge on any atom is 0.254 e. The first-order valence-corrected chi connectivity index (χ1v) is 8.21. The highest BCUT2D eigenvalue weighted by atomic mass is 16.5. The van der Waals surface area contributed by atoms with Crippen LogP contribution in [0.4, 0.5) is 0 Å². The third kappa shape index (κ3) is 3.43. The fraction of sp³-hybridized carbons (Fsp3) is 0.111. The minimum absolute atomic E-state index is 0.270. The normalized spacial score (nSPS) is 11.9. The number of para-hydroxylation sites is 1. The van der Waals surface area contributed by atoms with E-state index >= 15 is 0 Å². The number of nitrogens with zero attached hydrogens (tertiary/aromatic N) is 6. The van der Waals surface area contributed by atoms with Crippen LogP contribution in [0.3, 0.4) is 0 Å². The molecule has 0 bridgehead atoms. The van der Waals surface area contributed by atoms with Gasteiger partial charge in [-0.05, 0) is 31.2 Å². The molecule has 1 N–H and O–H groups in total. The molecule has 1 aromatic carbocycles. The van der Waals surface area contributed by atoms with Gasteiger partial charge in [-0.2, -0.15) is 4.98 Å². The summed E-state index contributed by atoms with van der Waals surface area (Å²) in [5.74, 6) is 0.459. The Bertz CT molecular complexity index is 1040. The highest BCUT2D eigenvalue weighted by molar-refractivity contribution is 5.97. The molecular formula is C18H15N7O2. The van der Waals surface area contributed by atoms with Crippen molar-refractivity contribution >= 4 is 5.91 Å². The van der Waals surface area contributed by atoms with Crippen LogP contribution in [0.25, 0.3) is 17.1 Å². The lowest BCUT2D eigenvalue weighted by atomic mass is 10.1. The van der Waals surface area contributed by atoms with E-state index in [1.165, 1.54) is 12.7 Å². The first-order valence-electron chi connectivity index (χ1n) is 8.21. The van der Waals surface area contributed by atoms with Crippen LogP contribution in [0.2, 0.25) is 0 Å². The van der Waals surface area contributed by atoms with E-state index in [2.05, 4.69) is 30.6 Å². The Labute approximate surface area is 154 Å². The Morgan fingerprint density at radius 1 is 1.15 bits per heavy atom. The molecule has 0 spiro atoms. The number of carbonyl (C=O) groups is 1. The number of benzene rings is 1. The summed E-state index contributed by atoms with van der Waals surface area (Å²) >= 11 is 0. The van der Waals surface area contributed by atoms with Gasteiger partial charge in [0.05, 0.1) is 11.3 Å². The van der Waals surface area contributed by atoms with Crippen LogP contribution in [-0.4, -0.2) is 35.8 Å². The van der Waals surface area contributed by atoms with Gasteiger partial charge in [-0.15, -0.1) is 10.2 Å². The summed E-state index contributed by atoms with van der Waals surface area (Å²) in [4.78, 5) is 21.1. The molecule has 1 amide bonds. The van der Waals surface area contributed by atoms with Gasteiger partial charge in [-0.3, -0.25) is 14.3 Å². The summed E-state index contributed by atoms with van der Waals surface area (Å²) in [6.45, 7) is 1.78. The van der Waals surface area contributed by atoms with E-state index < -0.39 is 6.04 Å². The van der Waals surface area contributed by atoms with Crippen molar-refractivity contribution < 1.29 is 9.32 Å². The number of rotatable bonds is 5. The number of hydrogen-bond acceptors (Lipinski definition) is 7. The molecule has 3 heterocycles. The molecule has 134 valence electrons. The minimum Gasteiger partial charge on any atom is -0.340 e. The molecule has 27 heavy (non-hydrogen) atoms. The van der Waals surface area contributed by atoms with Crippen LogP contribution in [0.1, 0.15) is 29.2 Å². The van der Waals surface area contributed by atoms with E-state index in [-0.39, 0.29) is 5.91 Å². The van der Waals surface area contributed by atoms with Crippen LogP contribution in [0.15, 0.2) is 66.0 Å². The van der Waals surface area contributed by atoms with Crippen molar-refractivity contribution in [2.24, 2.45) is 0 Å². The molecule has 9 nitrogen and oxygen atoms in total. The summed E-state index contributed by atoms with van der Waals surface area (Å²) < 4.78 is 6.96. The standard InChI is InChI=1S/C18H15N7O2/c1-12(18-23-16(24-27-18)13-5-4-8-19-9-13)22-17(26)14-6-2-3-7-15(14)25-10-20-21-11-25/h2-12H,1H3,(H,22,26). The van der Waals surface area contributed by atoms with Gasteiger partial charge in [-0.1, -0.05) is 17.3 Å². The molecule has 0 saturated carbocycles. The van der Waals surface area contributed by atoms with Crippen molar-refractivity contribution in [3.63, 3.8) is 0 Å². The van der Waals surface area contributed by atoms with Gasteiger partial charge >= 0.3 is 0 Å². The van der Waals surface area contributed by atoms with Gasteiger partial charge in [0.15, 0.2) is 0 Å². The van der Waals surface area contributed by atoms with Crippen LogP contribution in [0.5, 0.6) is 0 Å². The average molecular weight is 361 g/mol. The SMILES string of the molecule is CC(NC(=O)c1ccccc1-n1cnnc1)c1nc(-c2cccnc2)no1. The fourth-order valence-corrected chi connectivity index (χ4v) is 2.58. The van der Waals surface area contributed by atoms with Gasteiger partial charge in [0.25, 0.3) is 5.91 Å². The van der Waals surface area contributed by atoms with E-state index in [0.29, 0.717) is 23.0 Å². The average Bonchev–Trinajstić information content (AvgIpc) is 3.41. The Hall–Kier alpha value is -3.88. The summed E-state index contributed by atoms with van der Waals surface area (Å²) in [5.41, 5.74) is 1.90. The van der Waals surface area contributed by atoms with Crippen LogP contribution in [-0.2, 0) is 0 Å². The fourth-order valence-electron chi connectivity index (χ4n) is 2.58. The highest BCUT2D eigenvalue weighted by Crippen LogP contribution is 2.19. The van der Waals surface area contributed by atoms with E-state index in [1.807, 2.05) is 18.2 Å². The minimum atomic E-state index is -0.468. The molecule has 0 saturated heterocycles. The van der Waals surface area contributed by atoms with Crippen molar-refractivity contribution in [2.45, 2.75) is 13.0 Å². The number of hydrogen-bond donors (Lipinski definition) is 1. The topological polar surface area (TPSA) is 112 Å². The zero-order valence-electron chi connectivity index (χ0n) is 14.4. The second-order valence-electron chi connectivity index (χ2n) is 5.78. The Morgan fingerprint density at radius 2 is 1.96 bits per heavy atom. The summed E-state index contributed by atoms with van der Waals surface area (Å²) in [6.07, 6.45) is 6.38. The highest BCUT2D eigenvalue weighted by Gasteiger charge is 2.20. The molecule has 3 aromatic heterocycles. The van der Waals surface area contributed by atoms with Gasteiger partial charge in [-0.25, -0.2) is 0 Å². The number of nitrogens with one attached hydrogen (secondary N) is 1. The molecular weight excluding hydrogens is 346 g/mol. The Morgan fingerprint density at radius 3 is 2.74 bits per heavy atom. The third-order valence-electron chi connectivity index (χ3n) is 3.93. The maximum absolute atomic E-state index is 12.8. The molecule has 1 atom stereocenters. The smallest absolute Gasteiger partial charge is 0.254 e. The zero-order chi connectivity index (χ0) is 18.6. The second kappa shape index (κ2) is 7.16. The quantitative estimate of drug-likeness (QED) is 0.580. The molecule has 4 aromatic rings. The monoisotopic (exact) mass is 361 g/mol. The van der Waals surface area contributed by atoms with Crippen molar-refractivity contribution in [3.8, 4) is 17.1 Å². The van der Waals surface area contributed by atoms with E-state index in [0.717, 1.165) is 5.56 Å². The van der Waals surface area contributed by atoms with E-state index in [1.54, 1.807) is 42.1 Å². The van der Waals surface area contributed by atoms with E-state index in [4.69, 9.17) is 4.52 Å². The van der Waals surface area contributed by atoms with Crippen molar-refractivity contribution in [1.29, 1.82) is 0 Å². The van der Waals surface area contributed by atoms with Crippen molar-refractivity contribution in [3.05, 3.63) is 72.9 Å². The van der Waals surface area contributed by atoms with Crippen LogP contribution < -0.4 is 5.32 Å². The molecule has 1 unspecified atom stereocenters. The van der Waals surface area contributed by atoms with Gasteiger partial charge in [0.2, 0.25) is 11.7 Å². The second-order valence-corrected chi connectivity index (χ2v) is 5.78. The predicted molar refractivity (Wildman–Crippen MR) is 94.8 cm³/mol. The molecule has 0 aliphatic heterocycles. The third-order valence-corrected chi connectivity index (χ3v) is 3.93. The summed E-state index contributed by atoms with van der Waals surface area (Å²) in [5, 5.41) is 14.4. The number of carbonyl (C=O) groups excluding carboxylic acids is 1. The largest absolute Gasteiger partial charge is 0.340 e. The summed E-state index contributed by atoms with van der Waals surface area (Å²) in [7, 11) is 0. The molecule has 9 heteroatoms. The molecule has 0 aliphatic rings. The van der Waals surface area contributed by atoms with Crippen molar-refractivity contribution in [2.75, 3.05) is 0 Å². The Balaban J connectivity index is 1.53. The van der Waals surface area contributed by atoms with Gasteiger partial charge in [0.1, 0.15) is 18.7 Å². The summed E-state index contributed by atoms with van der Waals surface area (Å²) in [6, 6.07) is 10.3. The van der Waals surface area contributed by atoms with Crippen LogP contribution in [0, 0.1) is 0 Å². The lowest BCUT2D eigenvalue weighted by molar-refractivity contribution is 0.0932. The maximum atomic E-state index is 12.8. The zero-order valence-corrected chi connectivity index (χ0v) is 14.4. The van der Waals surface area contributed by atoms with Gasteiger partial charge in [0, 0.05) is 18.0 Å². The molecule has 4 rings (SSSR count). The molecule has 0 fully saturated rings. The number of aromatic nitrogens is 6. The van der Waals surface area contributed by atoms with Gasteiger partial charge < -0.3 is 9.84 Å². The molecule has 0 aliphatic carbocycles. The molecule has 0 radical (unpaired) electrons. The number of amides is 1. The van der Waals surface area contributed by atoms with E-state index in [9.17, 15) is 4.79 Å². The van der Waals surface area contributed by atoms with Crippen molar-refractivity contribution in [1.82, 2.24) is 35.2 Å².